The SMILES string of the molecule is CC(C)C(=O)C1CCCC1(C)C(=O)C(C)C. The van der Waals surface area contributed by atoms with Crippen molar-refractivity contribution in [2.45, 2.75) is 53.9 Å². The Hall–Kier alpha value is -0.660. The molecule has 0 N–H and O–H groups in total. The lowest BCUT2D eigenvalue weighted by Crippen LogP contribution is -2.40. The number of rotatable bonds is 4. The summed E-state index contributed by atoms with van der Waals surface area (Å²) < 4.78 is 0. The molecule has 0 aromatic rings. The van der Waals surface area contributed by atoms with E-state index in [9.17, 15) is 9.59 Å². The van der Waals surface area contributed by atoms with Gasteiger partial charge in [-0.3, -0.25) is 9.59 Å². The van der Waals surface area contributed by atoms with Gasteiger partial charge in [0.2, 0.25) is 0 Å². The van der Waals surface area contributed by atoms with E-state index in [1.807, 2.05) is 34.6 Å². The van der Waals surface area contributed by atoms with Crippen LogP contribution in [0, 0.1) is 23.2 Å². The topological polar surface area (TPSA) is 34.1 Å². The molecule has 1 aliphatic carbocycles. The molecule has 0 aromatic carbocycles. The molecule has 0 radical (unpaired) electrons. The lowest BCUT2D eigenvalue weighted by atomic mass is 9.69. The summed E-state index contributed by atoms with van der Waals surface area (Å²) in [5, 5.41) is 0. The van der Waals surface area contributed by atoms with Crippen molar-refractivity contribution in [2.75, 3.05) is 0 Å². The molecular weight excluding hydrogens is 200 g/mol. The Morgan fingerprint density at radius 2 is 1.69 bits per heavy atom. The minimum absolute atomic E-state index is 0.0329. The van der Waals surface area contributed by atoms with Gasteiger partial charge in [0.05, 0.1) is 0 Å². The Kier molecular flexibility index (Phi) is 3.92. The van der Waals surface area contributed by atoms with E-state index in [0.29, 0.717) is 0 Å². The highest BCUT2D eigenvalue weighted by atomic mass is 16.1. The maximum atomic E-state index is 12.3. The molecule has 0 heterocycles. The predicted octanol–water partition coefficient (Wildman–Crippen LogP) is 3.24. The van der Waals surface area contributed by atoms with Crippen LogP contribution < -0.4 is 0 Å². The van der Waals surface area contributed by atoms with E-state index in [0.717, 1.165) is 19.3 Å². The minimum atomic E-state index is -0.393. The van der Waals surface area contributed by atoms with Gasteiger partial charge in [-0.25, -0.2) is 0 Å². The van der Waals surface area contributed by atoms with Crippen molar-refractivity contribution in [1.29, 1.82) is 0 Å². The van der Waals surface area contributed by atoms with Crippen LogP contribution in [0.4, 0.5) is 0 Å². The first kappa shape index (κ1) is 13.4. The van der Waals surface area contributed by atoms with Crippen LogP contribution in [0.3, 0.4) is 0 Å². The zero-order valence-electron chi connectivity index (χ0n) is 11.2. The van der Waals surface area contributed by atoms with E-state index in [1.54, 1.807) is 0 Å². The predicted molar refractivity (Wildman–Crippen MR) is 65.1 cm³/mol. The number of Topliss-reactive ketones (excluding diaryl/α,β-unsaturated/α-hetero) is 2. The van der Waals surface area contributed by atoms with Crippen LogP contribution in [-0.4, -0.2) is 11.6 Å². The quantitative estimate of drug-likeness (QED) is 0.734. The van der Waals surface area contributed by atoms with Gasteiger partial charge in [0.1, 0.15) is 11.6 Å². The van der Waals surface area contributed by atoms with Crippen LogP contribution in [0.15, 0.2) is 0 Å². The first-order valence-electron chi connectivity index (χ1n) is 6.38. The first-order chi connectivity index (χ1) is 7.30. The number of hydrogen-bond acceptors (Lipinski definition) is 2. The van der Waals surface area contributed by atoms with Crippen LogP contribution in [-0.2, 0) is 9.59 Å². The third-order valence-electron chi connectivity index (χ3n) is 3.96. The molecule has 0 spiro atoms. The molecule has 16 heavy (non-hydrogen) atoms. The van der Waals surface area contributed by atoms with Gasteiger partial charge in [0.15, 0.2) is 0 Å². The Morgan fingerprint density at radius 3 is 2.12 bits per heavy atom. The second kappa shape index (κ2) is 4.68. The largest absolute Gasteiger partial charge is 0.299 e. The van der Waals surface area contributed by atoms with Crippen molar-refractivity contribution < 1.29 is 9.59 Å². The average molecular weight is 224 g/mol. The van der Waals surface area contributed by atoms with E-state index in [-0.39, 0.29) is 29.3 Å². The van der Waals surface area contributed by atoms with Gasteiger partial charge in [0.25, 0.3) is 0 Å². The van der Waals surface area contributed by atoms with E-state index in [1.165, 1.54) is 0 Å². The van der Waals surface area contributed by atoms with Gasteiger partial charge in [-0.05, 0) is 12.8 Å². The van der Waals surface area contributed by atoms with Gasteiger partial charge in [-0.15, -0.1) is 0 Å². The molecule has 92 valence electrons. The molecule has 0 bridgehead atoms. The molecular formula is C14H24O2. The minimum Gasteiger partial charge on any atom is -0.299 e. The fourth-order valence-electron chi connectivity index (χ4n) is 2.98. The Morgan fingerprint density at radius 1 is 1.12 bits per heavy atom. The van der Waals surface area contributed by atoms with E-state index in [4.69, 9.17) is 0 Å². The van der Waals surface area contributed by atoms with Crippen LogP contribution in [0.5, 0.6) is 0 Å². The number of hydrogen-bond donors (Lipinski definition) is 0. The van der Waals surface area contributed by atoms with Gasteiger partial charge >= 0.3 is 0 Å². The molecule has 1 rings (SSSR count). The standard InChI is InChI=1S/C14H24O2/c1-9(2)12(15)11-7-6-8-14(11,5)13(16)10(3)4/h9-11H,6-8H2,1-5H3. The summed E-state index contributed by atoms with van der Waals surface area (Å²) in [6, 6.07) is 0. The summed E-state index contributed by atoms with van der Waals surface area (Å²) in [5.41, 5.74) is -0.393. The fraction of sp³-hybridized carbons (Fsp3) is 0.857. The van der Waals surface area contributed by atoms with Crippen LogP contribution in [0.2, 0.25) is 0 Å². The van der Waals surface area contributed by atoms with E-state index in [2.05, 4.69) is 0 Å². The molecule has 2 heteroatoms. The summed E-state index contributed by atoms with van der Waals surface area (Å²) >= 11 is 0. The summed E-state index contributed by atoms with van der Waals surface area (Å²) in [5.74, 6) is 0.577. The zero-order chi connectivity index (χ0) is 12.5. The lowest BCUT2D eigenvalue weighted by Gasteiger charge is -2.31. The Balaban J connectivity index is 2.94. The van der Waals surface area contributed by atoms with Gasteiger partial charge < -0.3 is 0 Å². The van der Waals surface area contributed by atoms with E-state index >= 15 is 0 Å². The molecule has 1 fully saturated rings. The van der Waals surface area contributed by atoms with Crippen molar-refractivity contribution >= 4 is 11.6 Å². The van der Waals surface area contributed by atoms with Gasteiger partial charge in [-0.2, -0.15) is 0 Å². The van der Waals surface area contributed by atoms with Gasteiger partial charge in [-0.1, -0.05) is 41.0 Å². The summed E-state index contributed by atoms with van der Waals surface area (Å²) in [6.45, 7) is 9.72. The lowest BCUT2D eigenvalue weighted by molar-refractivity contribution is -0.140. The maximum Gasteiger partial charge on any atom is 0.141 e. The molecule has 0 saturated heterocycles. The molecule has 0 aromatic heterocycles. The van der Waals surface area contributed by atoms with E-state index < -0.39 is 5.41 Å². The van der Waals surface area contributed by atoms with Crippen molar-refractivity contribution in [2.24, 2.45) is 23.2 Å². The fourth-order valence-corrected chi connectivity index (χ4v) is 2.98. The summed E-state index contributed by atoms with van der Waals surface area (Å²) in [6.07, 6.45) is 2.79. The van der Waals surface area contributed by atoms with Crippen molar-refractivity contribution in [3.8, 4) is 0 Å². The number of ketones is 2. The third-order valence-corrected chi connectivity index (χ3v) is 3.96. The normalized spacial score (nSPS) is 30.1. The second-order valence-electron chi connectivity index (χ2n) is 5.94. The monoisotopic (exact) mass is 224 g/mol. The molecule has 2 unspecified atom stereocenters. The number of carbonyl (C=O) groups is 2. The smallest absolute Gasteiger partial charge is 0.141 e. The molecule has 0 amide bonds. The highest BCUT2D eigenvalue weighted by Gasteiger charge is 2.48. The molecule has 0 aliphatic heterocycles. The average Bonchev–Trinajstić information content (AvgIpc) is 2.58. The summed E-state index contributed by atoms with van der Waals surface area (Å²) in [7, 11) is 0. The summed E-state index contributed by atoms with van der Waals surface area (Å²) in [4.78, 5) is 24.4. The zero-order valence-corrected chi connectivity index (χ0v) is 11.2. The van der Waals surface area contributed by atoms with Crippen LogP contribution in [0.1, 0.15) is 53.9 Å². The first-order valence-corrected chi connectivity index (χ1v) is 6.38. The highest BCUT2D eigenvalue weighted by molar-refractivity contribution is 5.94. The molecule has 1 saturated carbocycles. The Labute approximate surface area is 98.8 Å². The highest BCUT2D eigenvalue weighted by Crippen LogP contribution is 2.46. The van der Waals surface area contributed by atoms with Gasteiger partial charge in [0, 0.05) is 23.2 Å². The third kappa shape index (κ3) is 2.21. The Bertz CT molecular complexity index is 291. The molecule has 2 atom stereocenters. The van der Waals surface area contributed by atoms with Crippen molar-refractivity contribution in [3.05, 3.63) is 0 Å². The number of carbonyl (C=O) groups excluding carboxylic acids is 2. The molecule has 2 nitrogen and oxygen atoms in total. The van der Waals surface area contributed by atoms with Crippen molar-refractivity contribution in [1.82, 2.24) is 0 Å². The van der Waals surface area contributed by atoms with Crippen LogP contribution in [0.25, 0.3) is 0 Å². The molecule has 1 aliphatic rings. The second-order valence-corrected chi connectivity index (χ2v) is 5.94. The maximum absolute atomic E-state index is 12.3. The van der Waals surface area contributed by atoms with Crippen LogP contribution >= 0.6 is 0 Å². The van der Waals surface area contributed by atoms with Crippen molar-refractivity contribution in [3.63, 3.8) is 0 Å².